The average molecular weight is 153 g/mol. The van der Waals surface area contributed by atoms with Crippen molar-refractivity contribution in [3.8, 4) is 0 Å². The van der Waals surface area contributed by atoms with E-state index in [2.05, 4.69) is 0 Å². The molecule has 0 aromatic rings. The molecule has 0 N–H and O–H groups in total. The standard InChI is InChI=1S/C5H13ClOSi/c1-4(7-8)5(2,3)6/h4H,1-3,8H3. The summed E-state index contributed by atoms with van der Waals surface area (Å²) in [5, 5.41) is 0. The smallest absolute Gasteiger partial charge is 0.146 e. The molecule has 0 aliphatic carbocycles. The van der Waals surface area contributed by atoms with Gasteiger partial charge >= 0.3 is 0 Å². The highest BCUT2D eigenvalue weighted by atomic mass is 35.5. The van der Waals surface area contributed by atoms with Gasteiger partial charge in [0, 0.05) is 0 Å². The van der Waals surface area contributed by atoms with Gasteiger partial charge in [-0.1, -0.05) is 0 Å². The third-order valence-corrected chi connectivity index (χ3v) is 2.33. The molecule has 0 bridgehead atoms. The quantitative estimate of drug-likeness (QED) is 0.418. The molecule has 0 rings (SSSR count). The van der Waals surface area contributed by atoms with Crippen molar-refractivity contribution in [1.82, 2.24) is 0 Å². The Morgan fingerprint density at radius 1 is 1.62 bits per heavy atom. The van der Waals surface area contributed by atoms with E-state index in [9.17, 15) is 0 Å². The first-order chi connectivity index (χ1) is 3.48. The molecule has 1 unspecified atom stereocenters. The Morgan fingerprint density at radius 3 is 2.00 bits per heavy atom. The van der Waals surface area contributed by atoms with E-state index >= 15 is 0 Å². The predicted molar refractivity (Wildman–Crippen MR) is 40.4 cm³/mol. The van der Waals surface area contributed by atoms with Gasteiger partial charge in [0.1, 0.15) is 10.5 Å². The minimum Gasteiger partial charge on any atom is -0.424 e. The summed E-state index contributed by atoms with van der Waals surface area (Å²) in [6.45, 7) is 5.90. The molecule has 0 saturated carbocycles. The minimum absolute atomic E-state index is 0.177. The van der Waals surface area contributed by atoms with Crippen LogP contribution in [0.1, 0.15) is 20.8 Å². The fourth-order valence-electron chi connectivity index (χ4n) is 0.280. The maximum atomic E-state index is 5.88. The summed E-state index contributed by atoms with van der Waals surface area (Å²) >= 11 is 5.88. The van der Waals surface area contributed by atoms with Crippen LogP contribution in [0.3, 0.4) is 0 Å². The summed E-state index contributed by atoms with van der Waals surface area (Å²) < 4.78 is 5.12. The molecule has 0 aromatic heterocycles. The third kappa shape index (κ3) is 2.70. The fraction of sp³-hybridized carbons (Fsp3) is 1.00. The molecule has 1 nitrogen and oxygen atoms in total. The van der Waals surface area contributed by atoms with Crippen LogP contribution in [0.4, 0.5) is 0 Å². The number of rotatable bonds is 2. The van der Waals surface area contributed by atoms with Crippen molar-refractivity contribution in [2.45, 2.75) is 31.7 Å². The van der Waals surface area contributed by atoms with Crippen LogP contribution in [0, 0.1) is 0 Å². The van der Waals surface area contributed by atoms with Crippen LogP contribution >= 0.6 is 11.6 Å². The zero-order valence-corrected chi connectivity index (χ0v) is 8.62. The Balaban J connectivity index is 3.62. The largest absolute Gasteiger partial charge is 0.424 e. The lowest BCUT2D eigenvalue weighted by Gasteiger charge is -2.23. The van der Waals surface area contributed by atoms with Crippen molar-refractivity contribution < 1.29 is 4.43 Å². The molecule has 0 radical (unpaired) electrons. The van der Waals surface area contributed by atoms with Gasteiger partial charge in [-0.2, -0.15) is 0 Å². The number of hydrogen-bond donors (Lipinski definition) is 0. The second-order valence-electron chi connectivity index (χ2n) is 2.44. The molecule has 0 aliphatic rings. The van der Waals surface area contributed by atoms with E-state index in [1.165, 1.54) is 0 Å². The molecule has 0 saturated heterocycles. The highest BCUT2D eigenvalue weighted by molar-refractivity contribution is 6.24. The van der Waals surface area contributed by atoms with E-state index in [1.54, 1.807) is 0 Å². The highest BCUT2D eigenvalue weighted by Crippen LogP contribution is 2.19. The Labute approximate surface area is 58.9 Å². The van der Waals surface area contributed by atoms with E-state index in [4.69, 9.17) is 16.0 Å². The SMILES string of the molecule is CC(O[SiH3])C(C)(C)Cl. The van der Waals surface area contributed by atoms with Gasteiger partial charge in [-0.15, -0.1) is 11.6 Å². The van der Waals surface area contributed by atoms with Gasteiger partial charge in [-0.3, -0.25) is 0 Å². The van der Waals surface area contributed by atoms with E-state index < -0.39 is 0 Å². The van der Waals surface area contributed by atoms with Gasteiger partial charge in [-0.25, -0.2) is 0 Å². The minimum atomic E-state index is -0.207. The summed E-state index contributed by atoms with van der Waals surface area (Å²) in [5.41, 5.74) is 0. The Hall–Kier alpha value is 0.467. The molecule has 0 aliphatic heterocycles. The van der Waals surface area contributed by atoms with Crippen molar-refractivity contribution in [3.63, 3.8) is 0 Å². The first kappa shape index (κ1) is 8.47. The van der Waals surface area contributed by atoms with Crippen molar-refractivity contribution in [2.75, 3.05) is 0 Å². The van der Waals surface area contributed by atoms with Gasteiger partial charge in [-0.05, 0) is 20.8 Å². The van der Waals surface area contributed by atoms with Crippen molar-refractivity contribution in [3.05, 3.63) is 0 Å². The molecular formula is C5H13ClOSi. The van der Waals surface area contributed by atoms with Crippen LogP contribution in [0.15, 0.2) is 0 Å². The Bertz CT molecular complexity index is 69.3. The van der Waals surface area contributed by atoms with E-state index in [-0.39, 0.29) is 11.0 Å². The lowest BCUT2D eigenvalue weighted by atomic mass is 10.1. The van der Waals surface area contributed by atoms with Crippen molar-refractivity contribution >= 4 is 22.1 Å². The van der Waals surface area contributed by atoms with Gasteiger partial charge in [0.2, 0.25) is 0 Å². The van der Waals surface area contributed by atoms with Crippen LogP contribution < -0.4 is 0 Å². The molecule has 1 atom stereocenters. The van der Waals surface area contributed by atoms with Crippen LogP contribution in [-0.2, 0) is 4.43 Å². The summed E-state index contributed by atoms with van der Waals surface area (Å²) in [7, 11) is 0.769. The second kappa shape index (κ2) is 2.85. The lowest BCUT2D eigenvalue weighted by Crippen LogP contribution is -2.29. The van der Waals surface area contributed by atoms with Gasteiger partial charge in [0.05, 0.1) is 11.0 Å². The lowest BCUT2D eigenvalue weighted by molar-refractivity contribution is 0.202. The van der Waals surface area contributed by atoms with Crippen LogP contribution in [-0.4, -0.2) is 21.5 Å². The maximum Gasteiger partial charge on any atom is 0.146 e. The molecular weight excluding hydrogens is 140 g/mol. The van der Waals surface area contributed by atoms with E-state index in [0.29, 0.717) is 0 Å². The number of alkyl halides is 1. The third-order valence-electron chi connectivity index (χ3n) is 1.32. The number of halogens is 1. The molecule has 0 fully saturated rings. The molecule has 0 amide bonds. The highest BCUT2D eigenvalue weighted by Gasteiger charge is 2.20. The van der Waals surface area contributed by atoms with Crippen molar-refractivity contribution in [2.24, 2.45) is 0 Å². The maximum absolute atomic E-state index is 5.88. The molecule has 0 aromatic carbocycles. The second-order valence-corrected chi connectivity index (χ2v) is 3.89. The molecule has 3 heteroatoms. The topological polar surface area (TPSA) is 9.23 Å². The van der Waals surface area contributed by atoms with Gasteiger partial charge in [0.25, 0.3) is 0 Å². The monoisotopic (exact) mass is 152 g/mol. The predicted octanol–water partition coefficient (Wildman–Crippen LogP) is 0.689. The van der Waals surface area contributed by atoms with E-state index in [1.807, 2.05) is 20.8 Å². The fourth-order valence-corrected chi connectivity index (χ4v) is 1.11. The Morgan fingerprint density at radius 2 is 2.00 bits per heavy atom. The molecule has 8 heavy (non-hydrogen) atoms. The van der Waals surface area contributed by atoms with Gasteiger partial charge < -0.3 is 4.43 Å². The number of hydrogen-bond acceptors (Lipinski definition) is 1. The van der Waals surface area contributed by atoms with Crippen LogP contribution in [0.2, 0.25) is 0 Å². The van der Waals surface area contributed by atoms with E-state index in [0.717, 1.165) is 10.5 Å². The Kier molecular flexibility index (Phi) is 3.02. The molecule has 50 valence electrons. The summed E-state index contributed by atoms with van der Waals surface area (Å²) in [5.74, 6) is 0. The van der Waals surface area contributed by atoms with Crippen molar-refractivity contribution in [1.29, 1.82) is 0 Å². The summed E-state index contributed by atoms with van der Waals surface area (Å²) in [6.07, 6.45) is 0.177. The zero-order chi connectivity index (χ0) is 6.78. The first-order valence-corrected chi connectivity index (χ1v) is 3.89. The first-order valence-electron chi connectivity index (χ1n) is 2.70. The van der Waals surface area contributed by atoms with Crippen LogP contribution in [0.25, 0.3) is 0 Å². The normalized spacial score (nSPS) is 16.5. The molecule has 0 spiro atoms. The average Bonchev–Trinajstić information content (AvgIpc) is 1.62. The summed E-state index contributed by atoms with van der Waals surface area (Å²) in [6, 6.07) is 0. The summed E-state index contributed by atoms with van der Waals surface area (Å²) in [4.78, 5) is -0.207. The molecule has 0 heterocycles. The zero-order valence-electron chi connectivity index (χ0n) is 5.86. The van der Waals surface area contributed by atoms with Gasteiger partial charge in [0.15, 0.2) is 0 Å². The van der Waals surface area contributed by atoms with Crippen LogP contribution in [0.5, 0.6) is 0 Å².